The molecule has 9 nitrogen and oxygen atoms in total. The van der Waals surface area contributed by atoms with Gasteiger partial charge < -0.3 is 5.32 Å². The van der Waals surface area contributed by atoms with Gasteiger partial charge in [0.15, 0.2) is 0 Å². The minimum atomic E-state index is -3.51. The summed E-state index contributed by atoms with van der Waals surface area (Å²) in [5.74, 6) is 1.12. The molecule has 160 valence electrons. The number of hydrogen-bond acceptors (Lipinski definition) is 7. The van der Waals surface area contributed by atoms with Crippen molar-refractivity contribution in [3.05, 3.63) is 29.8 Å². The first-order valence-electron chi connectivity index (χ1n) is 10.5. The molecule has 3 heterocycles. The molecule has 2 aromatic rings. The number of anilines is 1. The summed E-state index contributed by atoms with van der Waals surface area (Å²) in [4.78, 5) is 9.17. The zero-order valence-electron chi connectivity index (χ0n) is 17.2. The zero-order chi connectivity index (χ0) is 21.1. The molecule has 2 fully saturated rings. The van der Waals surface area contributed by atoms with Crippen LogP contribution in [0, 0.1) is 17.2 Å². The summed E-state index contributed by atoms with van der Waals surface area (Å²) in [5.41, 5.74) is 1.36. The molecule has 0 spiro atoms. The Hall–Kier alpha value is -2.51. The molecule has 0 amide bonds. The van der Waals surface area contributed by atoms with Gasteiger partial charge in [-0.15, -0.1) is 0 Å². The third kappa shape index (κ3) is 4.47. The normalized spacial score (nSPS) is 19.1. The van der Waals surface area contributed by atoms with Gasteiger partial charge >= 0.3 is 0 Å². The Bertz CT molecular complexity index is 1030. The molecule has 0 aromatic carbocycles. The zero-order valence-corrected chi connectivity index (χ0v) is 18.0. The summed E-state index contributed by atoms with van der Waals surface area (Å²) in [6.07, 6.45) is 11.6. The number of sulfonamides is 1. The Morgan fingerprint density at radius 3 is 2.57 bits per heavy atom. The topological polar surface area (TPSA) is 117 Å². The number of piperidine rings is 1. The van der Waals surface area contributed by atoms with E-state index in [0.717, 1.165) is 12.1 Å². The Balaban J connectivity index is 1.38. The van der Waals surface area contributed by atoms with Gasteiger partial charge in [0, 0.05) is 32.4 Å². The third-order valence-corrected chi connectivity index (χ3v) is 7.90. The Kier molecular flexibility index (Phi) is 6.01. The molecule has 0 radical (unpaired) electrons. The first-order valence-corrected chi connectivity index (χ1v) is 11.9. The fourth-order valence-electron chi connectivity index (χ4n) is 4.33. The summed E-state index contributed by atoms with van der Waals surface area (Å²) < 4.78 is 28.5. The predicted octanol–water partition coefficient (Wildman–Crippen LogP) is 2.08. The molecule has 2 aliphatic rings. The van der Waals surface area contributed by atoms with E-state index in [0.29, 0.717) is 43.4 Å². The van der Waals surface area contributed by atoms with Crippen molar-refractivity contribution in [2.75, 3.05) is 18.4 Å². The van der Waals surface area contributed by atoms with E-state index in [9.17, 15) is 13.7 Å². The van der Waals surface area contributed by atoms with Crippen molar-refractivity contribution >= 4 is 16.0 Å². The maximum absolute atomic E-state index is 12.7. The quantitative estimate of drug-likeness (QED) is 0.747. The Labute approximate surface area is 177 Å². The van der Waals surface area contributed by atoms with Crippen LogP contribution in [-0.4, -0.2) is 51.6 Å². The number of nitrogens with one attached hydrogen (secondary N) is 1. The van der Waals surface area contributed by atoms with Crippen molar-refractivity contribution in [3.8, 4) is 6.07 Å². The van der Waals surface area contributed by atoms with Crippen LogP contribution in [0.2, 0.25) is 0 Å². The highest BCUT2D eigenvalue weighted by Gasteiger charge is 2.30. The average Bonchev–Trinajstić information content (AvgIpc) is 3.41. The lowest BCUT2D eigenvalue weighted by molar-refractivity contribution is 0.329. The van der Waals surface area contributed by atoms with Gasteiger partial charge in [0.2, 0.25) is 16.0 Å². The molecule has 2 aromatic heterocycles. The minimum Gasteiger partial charge on any atom is -0.351 e. The maximum atomic E-state index is 12.7. The van der Waals surface area contributed by atoms with Gasteiger partial charge in [-0.25, -0.2) is 18.4 Å². The van der Waals surface area contributed by atoms with Crippen LogP contribution in [-0.2, 0) is 23.5 Å². The SMILES string of the molecule is Cn1cc(S(=O)(=O)N2CCC(Nc3ncc(C#N)c(CC4CCCC4)n3)CC2)cn1. The van der Waals surface area contributed by atoms with Gasteiger partial charge in [-0.3, -0.25) is 4.68 Å². The molecule has 0 bridgehead atoms. The molecule has 4 rings (SSSR count). The smallest absolute Gasteiger partial charge is 0.246 e. The summed E-state index contributed by atoms with van der Waals surface area (Å²) in [7, 11) is -1.81. The van der Waals surface area contributed by atoms with Crippen LogP contribution in [0.25, 0.3) is 0 Å². The Morgan fingerprint density at radius 1 is 1.20 bits per heavy atom. The highest BCUT2D eigenvalue weighted by atomic mass is 32.2. The molecule has 10 heteroatoms. The lowest BCUT2D eigenvalue weighted by atomic mass is 9.99. The standard InChI is InChI=1S/C20H27N7O2S/c1-26-14-18(13-23-26)30(28,29)27-8-6-17(7-9-27)24-20-22-12-16(11-21)19(25-20)10-15-4-2-3-5-15/h12-15,17H,2-10H2,1H3,(H,22,24,25). The van der Waals surface area contributed by atoms with Crippen molar-refractivity contribution in [1.82, 2.24) is 24.1 Å². The van der Waals surface area contributed by atoms with Crippen molar-refractivity contribution in [2.45, 2.75) is 55.9 Å². The van der Waals surface area contributed by atoms with Gasteiger partial charge in [0.25, 0.3) is 0 Å². The summed E-state index contributed by atoms with van der Waals surface area (Å²) in [5, 5.41) is 16.7. The average molecular weight is 430 g/mol. The van der Waals surface area contributed by atoms with E-state index in [-0.39, 0.29) is 10.9 Å². The van der Waals surface area contributed by atoms with Crippen LogP contribution in [0.4, 0.5) is 5.95 Å². The highest BCUT2D eigenvalue weighted by molar-refractivity contribution is 7.89. The first kappa shape index (κ1) is 20.8. The number of nitrogens with zero attached hydrogens (tertiary/aromatic N) is 6. The molecule has 0 unspecified atom stereocenters. The maximum Gasteiger partial charge on any atom is 0.246 e. The monoisotopic (exact) mass is 429 g/mol. The van der Waals surface area contributed by atoms with Gasteiger partial charge in [-0.2, -0.15) is 14.7 Å². The second-order valence-corrected chi connectivity index (χ2v) is 10.1. The van der Waals surface area contributed by atoms with Crippen molar-refractivity contribution in [2.24, 2.45) is 13.0 Å². The van der Waals surface area contributed by atoms with E-state index >= 15 is 0 Å². The van der Waals surface area contributed by atoms with Gasteiger partial charge in [-0.05, 0) is 25.2 Å². The molecule has 1 N–H and O–H groups in total. The summed E-state index contributed by atoms with van der Waals surface area (Å²) >= 11 is 0. The fourth-order valence-corrected chi connectivity index (χ4v) is 5.78. The molecule has 1 saturated heterocycles. The second-order valence-electron chi connectivity index (χ2n) is 8.19. The first-order chi connectivity index (χ1) is 14.5. The Morgan fingerprint density at radius 2 is 1.93 bits per heavy atom. The molecule has 1 aliphatic carbocycles. The molecule has 1 saturated carbocycles. The molecular formula is C20H27N7O2S. The number of aromatic nitrogens is 4. The van der Waals surface area contributed by atoms with E-state index in [1.165, 1.54) is 47.1 Å². The van der Waals surface area contributed by atoms with E-state index in [4.69, 9.17) is 0 Å². The number of aryl methyl sites for hydroxylation is 1. The molecule has 30 heavy (non-hydrogen) atoms. The fraction of sp³-hybridized carbons (Fsp3) is 0.600. The van der Waals surface area contributed by atoms with Crippen molar-refractivity contribution in [1.29, 1.82) is 5.26 Å². The van der Waals surface area contributed by atoms with Crippen LogP contribution >= 0.6 is 0 Å². The highest BCUT2D eigenvalue weighted by Crippen LogP contribution is 2.29. The second kappa shape index (κ2) is 8.70. The van der Waals surface area contributed by atoms with Gasteiger partial charge in [0.05, 0.1) is 23.7 Å². The van der Waals surface area contributed by atoms with Crippen molar-refractivity contribution < 1.29 is 8.42 Å². The summed E-state index contributed by atoms with van der Waals surface area (Å²) in [6.45, 7) is 0.861. The van der Waals surface area contributed by atoms with Gasteiger partial charge in [-0.1, -0.05) is 25.7 Å². The van der Waals surface area contributed by atoms with Gasteiger partial charge in [0.1, 0.15) is 11.0 Å². The number of hydrogen-bond donors (Lipinski definition) is 1. The minimum absolute atomic E-state index is 0.0950. The van der Waals surface area contributed by atoms with E-state index < -0.39 is 10.0 Å². The largest absolute Gasteiger partial charge is 0.351 e. The lowest BCUT2D eigenvalue weighted by Crippen LogP contribution is -2.42. The van der Waals surface area contributed by atoms with Crippen LogP contribution in [0.1, 0.15) is 49.8 Å². The van der Waals surface area contributed by atoms with Crippen molar-refractivity contribution in [3.63, 3.8) is 0 Å². The van der Waals surface area contributed by atoms with Crippen LogP contribution in [0.15, 0.2) is 23.5 Å². The molecular weight excluding hydrogens is 402 g/mol. The number of rotatable bonds is 6. The summed E-state index contributed by atoms with van der Waals surface area (Å²) in [6, 6.07) is 2.30. The third-order valence-electron chi connectivity index (χ3n) is 6.05. The van der Waals surface area contributed by atoms with E-state index in [1.807, 2.05) is 0 Å². The van der Waals surface area contributed by atoms with E-state index in [2.05, 4.69) is 26.5 Å². The van der Waals surface area contributed by atoms with Crippen LogP contribution in [0.5, 0.6) is 0 Å². The number of nitriles is 1. The lowest BCUT2D eigenvalue weighted by Gasteiger charge is -2.31. The predicted molar refractivity (Wildman–Crippen MR) is 111 cm³/mol. The van der Waals surface area contributed by atoms with E-state index in [1.54, 1.807) is 13.2 Å². The molecule has 1 aliphatic heterocycles. The van der Waals surface area contributed by atoms with Crippen LogP contribution < -0.4 is 5.32 Å². The van der Waals surface area contributed by atoms with Crippen LogP contribution in [0.3, 0.4) is 0 Å². The molecule has 0 atom stereocenters.